The average molecular weight is 199 g/mol. The van der Waals surface area contributed by atoms with Crippen LogP contribution in [0.2, 0.25) is 0 Å². The van der Waals surface area contributed by atoms with E-state index in [0.29, 0.717) is 0 Å². The number of nitriles is 1. The van der Waals surface area contributed by atoms with Crippen LogP contribution >= 0.6 is 0 Å². The lowest BCUT2D eigenvalue weighted by atomic mass is 10.2. The van der Waals surface area contributed by atoms with Gasteiger partial charge in [-0.1, -0.05) is 0 Å². The molecule has 0 fully saturated rings. The van der Waals surface area contributed by atoms with Gasteiger partial charge < -0.3 is 10.1 Å². The molecule has 0 unspecified atom stereocenters. The number of nitrogens with zero attached hydrogens (tertiary/aromatic N) is 3. The van der Waals surface area contributed by atoms with Gasteiger partial charge in [-0.15, -0.1) is 0 Å². The Morgan fingerprint density at radius 3 is 2.71 bits per heavy atom. The topological polar surface area (TPSA) is 79.8 Å². The Hall–Kier alpha value is -2.10. The third-order valence-corrected chi connectivity index (χ3v) is 1.43. The molecule has 1 rings (SSSR count). The molecule has 0 N–H and O–H groups in total. The first kappa shape index (κ1) is 9.98. The van der Waals surface area contributed by atoms with Gasteiger partial charge in [0.2, 0.25) is 0 Å². The van der Waals surface area contributed by atoms with Gasteiger partial charge in [0.25, 0.3) is 6.43 Å². The van der Waals surface area contributed by atoms with Crippen LogP contribution in [-0.2, 0) is 0 Å². The molecule has 1 heterocycles. The molecule has 1 aromatic rings. The van der Waals surface area contributed by atoms with E-state index >= 15 is 0 Å². The third kappa shape index (κ3) is 1.80. The predicted octanol–water partition coefficient (Wildman–Crippen LogP) is 1.80. The van der Waals surface area contributed by atoms with Crippen LogP contribution in [0.15, 0.2) is 12.3 Å². The molecule has 0 amide bonds. The average Bonchev–Trinajstić information content (AvgIpc) is 2.16. The van der Waals surface area contributed by atoms with E-state index in [9.17, 15) is 18.9 Å². The van der Waals surface area contributed by atoms with Crippen LogP contribution < -0.4 is 0 Å². The van der Waals surface area contributed by atoms with E-state index in [-0.39, 0.29) is 5.56 Å². The smallest absolute Gasteiger partial charge is 0.358 e. The normalized spacial score (nSPS) is 9.86. The molecule has 72 valence electrons. The van der Waals surface area contributed by atoms with Gasteiger partial charge in [0.05, 0.1) is 5.56 Å². The maximum absolute atomic E-state index is 12.3. The first-order valence-corrected chi connectivity index (χ1v) is 3.39. The molecule has 0 saturated heterocycles. The van der Waals surface area contributed by atoms with Crippen molar-refractivity contribution in [2.75, 3.05) is 0 Å². The van der Waals surface area contributed by atoms with Crippen LogP contribution in [0.3, 0.4) is 0 Å². The van der Waals surface area contributed by atoms with E-state index in [2.05, 4.69) is 4.98 Å². The largest absolute Gasteiger partial charge is 0.372 e. The lowest BCUT2D eigenvalue weighted by Gasteiger charge is -2.00. The molecule has 0 aromatic carbocycles. The Kier molecular flexibility index (Phi) is 2.67. The maximum atomic E-state index is 12.3. The number of hydrogen-bond acceptors (Lipinski definition) is 4. The number of alkyl halides is 2. The fraction of sp³-hybridized carbons (Fsp3) is 0.143. The number of pyridine rings is 1. The fourth-order valence-electron chi connectivity index (χ4n) is 0.849. The monoisotopic (exact) mass is 199 g/mol. The number of rotatable bonds is 2. The standard InChI is InChI=1S/C7H3F2N3O2/c8-6(9)5-1-4(2-10)3-11-7(5)12(13)14/h1,3,6H. The van der Waals surface area contributed by atoms with Crippen LogP contribution in [0.4, 0.5) is 14.6 Å². The van der Waals surface area contributed by atoms with Crippen molar-refractivity contribution in [3.8, 4) is 6.07 Å². The van der Waals surface area contributed by atoms with Crippen molar-refractivity contribution in [3.05, 3.63) is 33.5 Å². The second kappa shape index (κ2) is 3.74. The van der Waals surface area contributed by atoms with Crippen LogP contribution in [-0.4, -0.2) is 9.91 Å². The van der Waals surface area contributed by atoms with Gasteiger partial charge >= 0.3 is 5.82 Å². The van der Waals surface area contributed by atoms with Crippen molar-refractivity contribution in [1.82, 2.24) is 4.98 Å². The van der Waals surface area contributed by atoms with Crippen LogP contribution in [0.1, 0.15) is 17.6 Å². The second-order valence-corrected chi connectivity index (χ2v) is 2.31. The molecular weight excluding hydrogens is 196 g/mol. The van der Waals surface area contributed by atoms with Crippen molar-refractivity contribution in [2.24, 2.45) is 0 Å². The Bertz CT molecular complexity index is 414. The summed E-state index contributed by atoms with van der Waals surface area (Å²) in [5.41, 5.74) is -0.972. The number of nitro groups is 1. The van der Waals surface area contributed by atoms with Crippen molar-refractivity contribution in [2.45, 2.75) is 6.43 Å². The molecule has 0 radical (unpaired) electrons. The summed E-state index contributed by atoms with van der Waals surface area (Å²) in [6.07, 6.45) is -2.14. The summed E-state index contributed by atoms with van der Waals surface area (Å²) in [5, 5.41) is 18.6. The minimum absolute atomic E-state index is 0.133. The zero-order valence-corrected chi connectivity index (χ0v) is 6.65. The highest BCUT2D eigenvalue weighted by molar-refractivity contribution is 5.40. The quantitative estimate of drug-likeness (QED) is 0.537. The molecule has 1 aromatic heterocycles. The molecule has 0 spiro atoms. The second-order valence-electron chi connectivity index (χ2n) is 2.31. The van der Waals surface area contributed by atoms with E-state index in [1.54, 1.807) is 6.07 Å². The van der Waals surface area contributed by atoms with Crippen molar-refractivity contribution < 1.29 is 13.7 Å². The van der Waals surface area contributed by atoms with Crippen LogP contribution in [0, 0.1) is 21.4 Å². The first-order chi connectivity index (χ1) is 6.56. The molecular formula is C7H3F2N3O2. The highest BCUT2D eigenvalue weighted by atomic mass is 19.3. The number of hydrogen-bond donors (Lipinski definition) is 0. The van der Waals surface area contributed by atoms with Gasteiger partial charge in [0.1, 0.15) is 11.6 Å². The summed E-state index contributed by atoms with van der Waals surface area (Å²) in [7, 11) is 0. The maximum Gasteiger partial charge on any atom is 0.372 e. The van der Waals surface area contributed by atoms with Crippen molar-refractivity contribution >= 4 is 5.82 Å². The fourth-order valence-corrected chi connectivity index (χ4v) is 0.849. The molecule has 0 saturated carbocycles. The van der Waals surface area contributed by atoms with Gasteiger partial charge in [-0.2, -0.15) is 5.26 Å². The summed E-state index contributed by atoms with van der Waals surface area (Å²) in [4.78, 5) is 12.4. The Labute approximate surface area is 76.8 Å². The molecule has 0 bridgehead atoms. The van der Waals surface area contributed by atoms with Crippen LogP contribution in [0.25, 0.3) is 0 Å². The molecule has 0 aliphatic heterocycles. The minimum Gasteiger partial charge on any atom is -0.358 e. The van der Waals surface area contributed by atoms with Crippen LogP contribution in [0.5, 0.6) is 0 Å². The van der Waals surface area contributed by atoms with Crippen molar-refractivity contribution in [3.63, 3.8) is 0 Å². The molecule has 5 nitrogen and oxygen atoms in total. The molecule has 7 heteroatoms. The summed E-state index contributed by atoms with van der Waals surface area (Å²) >= 11 is 0. The zero-order valence-electron chi connectivity index (χ0n) is 6.65. The van der Waals surface area contributed by atoms with Gasteiger partial charge in [-0.05, 0) is 16.0 Å². The summed E-state index contributed by atoms with van der Waals surface area (Å²) in [6, 6.07) is 2.33. The number of halogens is 2. The Morgan fingerprint density at radius 1 is 1.64 bits per heavy atom. The summed E-state index contributed by atoms with van der Waals surface area (Å²) in [6.45, 7) is 0. The van der Waals surface area contributed by atoms with Gasteiger partial charge in [0.15, 0.2) is 6.20 Å². The highest BCUT2D eigenvalue weighted by Gasteiger charge is 2.23. The highest BCUT2D eigenvalue weighted by Crippen LogP contribution is 2.27. The molecule has 0 aliphatic rings. The molecule has 14 heavy (non-hydrogen) atoms. The number of aromatic nitrogens is 1. The minimum atomic E-state index is -3.02. The van der Waals surface area contributed by atoms with Gasteiger partial charge in [-0.3, -0.25) is 0 Å². The lowest BCUT2D eigenvalue weighted by Crippen LogP contribution is -1.99. The predicted molar refractivity (Wildman–Crippen MR) is 40.6 cm³/mol. The Balaban J connectivity index is 3.33. The molecule has 0 aliphatic carbocycles. The zero-order chi connectivity index (χ0) is 10.7. The lowest BCUT2D eigenvalue weighted by molar-refractivity contribution is -0.391. The van der Waals surface area contributed by atoms with E-state index in [4.69, 9.17) is 5.26 Å². The van der Waals surface area contributed by atoms with Gasteiger partial charge in [-0.25, -0.2) is 8.78 Å². The van der Waals surface area contributed by atoms with Crippen molar-refractivity contribution in [1.29, 1.82) is 5.26 Å². The SMILES string of the molecule is N#Cc1cnc([N+](=O)[O-])c(C(F)F)c1. The van der Waals surface area contributed by atoms with E-state index in [1.165, 1.54) is 0 Å². The third-order valence-electron chi connectivity index (χ3n) is 1.43. The van der Waals surface area contributed by atoms with E-state index in [0.717, 1.165) is 12.3 Å². The first-order valence-electron chi connectivity index (χ1n) is 3.39. The molecule has 0 atom stereocenters. The summed E-state index contributed by atoms with van der Waals surface area (Å²) < 4.78 is 24.5. The van der Waals surface area contributed by atoms with Gasteiger partial charge in [0, 0.05) is 0 Å². The van der Waals surface area contributed by atoms with E-state index in [1.807, 2.05) is 0 Å². The Morgan fingerprint density at radius 2 is 2.29 bits per heavy atom. The van der Waals surface area contributed by atoms with E-state index < -0.39 is 22.7 Å². The summed E-state index contributed by atoms with van der Waals surface area (Å²) in [5.74, 6) is -0.918.